The van der Waals surface area contributed by atoms with Crippen LogP contribution in [0.2, 0.25) is 5.15 Å². The van der Waals surface area contributed by atoms with Gasteiger partial charge in [-0.15, -0.1) is 0 Å². The summed E-state index contributed by atoms with van der Waals surface area (Å²) in [6.45, 7) is 0. The van der Waals surface area contributed by atoms with Crippen molar-refractivity contribution in [1.29, 1.82) is 0 Å². The number of nitrogens with zero attached hydrogens (tertiary/aromatic N) is 1. The molecule has 0 aromatic carbocycles. The molecule has 0 saturated heterocycles. The van der Waals surface area contributed by atoms with Gasteiger partial charge in [0.1, 0.15) is 5.15 Å². The van der Waals surface area contributed by atoms with Crippen LogP contribution in [0.25, 0.3) is 10.9 Å². The summed E-state index contributed by atoms with van der Waals surface area (Å²) < 4.78 is 0. The Morgan fingerprint density at radius 3 is 3.08 bits per heavy atom. The average molecular weight is 193 g/mol. The quantitative estimate of drug-likeness (QED) is 0.692. The van der Waals surface area contributed by atoms with Crippen molar-refractivity contribution in [2.75, 3.05) is 0 Å². The van der Waals surface area contributed by atoms with Crippen molar-refractivity contribution >= 4 is 22.5 Å². The Labute approximate surface area is 80.9 Å². The van der Waals surface area contributed by atoms with Crippen LogP contribution in [0.3, 0.4) is 0 Å². The molecule has 2 heterocycles. The predicted molar refractivity (Wildman–Crippen MR) is 53.1 cm³/mol. The number of aromatic amines is 1. The van der Waals surface area contributed by atoms with Gasteiger partial charge >= 0.3 is 0 Å². The number of rotatable bonds is 1. The highest BCUT2D eigenvalue weighted by Gasteiger charge is 2.26. The lowest BCUT2D eigenvalue weighted by Gasteiger charge is -1.94. The van der Waals surface area contributed by atoms with Crippen LogP contribution in [-0.4, -0.2) is 9.97 Å². The van der Waals surface area contributed by atoms with E-state index in [0.717, 1.165) is 11.4 Å². The third-order valence-electron chi connectivity index (χ3n) is 2.58. The number of hydrogen-bond donors (Lipinski definition) is 1. The summed E-state index contributed by atoms with van der Waals surface area (Å²) in [4.78, 5) is 7.32. The molecule has 13 heavy (non-hydrogen) atoms. The van der Waals surface area contributed by atoms with E-state index >= 15 is 0 Å². The predicted octanol–water partition coefficient (Wildman–Crippen LogP) is 3.09. The number of aromatic nitrogens is 2. The Kier molecular flexibility index (Phi) is 1.41. The third kappa shape index (κ3) is 1.13. The van der Waals surface area contributed by atoms with E-state index in [1.165, 1.54) is 23.8 Å². The molecule has 66 valence electrons. The molecule has 0 radical (unpaired) electrons. The molecule has 0 bridgehead atoms. The minimum atomic E-state index is 0.552. The summed E-state index contributed by atoms with van der Waals surface area (Å²) in [5.74, 6) is 0.761. The minimum absolute atomic E-state index is 0.552. The highest BCUT2D eigenvalue weighted by molar-refractivity contribution is 6.30. The number of nitrogens with one attached hydrogen (secondary N) is 1. The van der Waals surface area contributed by atoms with Crippen LogP contribution in [0.15, 0.2) is 18.5 Å². The van der Waals surface area contributed by atoms with Gasteiger partial charge in [-0.05, 0) is 30.4 Å². The molecule has 0 amide bonds. The van der Waals surface area contributed by atoms with E-state index < -0.39 is 0 Å². The van der Waals surface area contributed by atoms with E-state index in [9.17, 15) is 0 Å². The molecule has 2 nitrogen and oxygen atoms in total. The van der Waals surface area contributed by atoms with Gasteiger partial charge in [0.05, 0.1) is 5.52 Å². The smallest absolute Gasteiger partial charge is 0.131 e. The molecule has 2 aromatic rings. The normalized spacial score (nSPS) is 16.7. The number of hydrogen-bond acceptors (Lipinski definition) is 1. The Bertz CT molecular complexity index is 457. The molecule has 1 aliphatic rings. The van der Waals surface area contributed by atoms with Gasteiger partial charge in [-0.3, -0.25) is 0 Å². The Hall–Kier alpha value is -1.02. The van der Waals surface area contributed by atoms with Gasteiger partial charge in [0.25, 0.3) is 0 Å². The maximum absolute atomic E-state index is 5.79. The van der Waals surface area contributed by atoms with E-state index in [4.69, 9.17) is 11.6 Å². The molecule has 3 rings (SSSR count). The third-order valence-corrected chi connectivity index (χ3v) is 2.79. The fourth-order valence-electron chi connectivity index (χ4n) is 1.74. The molecule has 0 unspecified atom stereocenters. The maximum Gasteiger partial charge on any atom is 0.131 e. The highest BCUT2D eigenvalue weighted by atomic mass is 35.5. The molecule has 1 aliphatic carbocycles. The number of pyridine rings is 1. The fourth-order valence-corrected chi connectivity index (χ4v) is 1.90. The standard InChI is InChI=1S/C10H9ClN2/c11-10-3-9-8(5-13-10)7(4-12-9)6-1-2-6/h3-6,12H,1-2H2. The second-order valence-corrected chi connectivity index (χ2v) is 3.96. The van der Waals surface area contributed by atoms with Gasteiger partial charge in [0.15, 0.2) is 0 Å². The zero-order valence-corrected chi connectivity index (χ0v) is 7.80. The first kappa shape index (κ1) is 7.39. The number of halogens is 1. The monoisotopic (exact) mass is 192 g/mol. The summed E-state index contributed by atoms with van der Waals surface area (Å²) in [7, 11) is 0. The largest absolute Gasteiger partial charge is 0.361 e. The number of H-pyrrole nitrogens is 1. The van der Waals surface area contributed by atoms with Crippen molar-refractivity contribution in [2.45, 2.75) is 18.8 Å². The first-order valence-corrected chi connectivity index (χ1v) is 4.85. The molecule has 0 spiro atoms. The van der Waals surface area contributed by atoms with E-state index in [1.807, 2.05) is 12.3 Å². The van der Waals surface area contributed by atoms with Crippen molar-refractivity contribution in [2.24, 2.45) is 0 Å². The van der Waals surface area contributed by atoms with E-state index in [2.05, 4.69) is 16.2 Å². The van der Waals surface area contributed by atoms with Crippen LogP contribution in [-0.2, 0) is 0 Å². The maximum atomic E-state index is 5.79. The topological polar surface area (TPSA) is 28.7 Å². The van der Waals surface area contributed by atoms with E-state index in [1.54, 1.807) is 0 Å². The van der Waals surface area contributed by atoms with E-state index in [-0.39, 0.29) is 0 Å². The summed E-state index contributed by atoms with van der Waals surface area (Å²) in [5.41, 5.74) is 2.50. The summed E-state index contributed by atoms with van der Waals surface area (Å²) in [6, 6.07) is 1.88. The first-order chi connectivity index (χ1) is 6.34. The molecular formula is C10H9ClN2. The van der Waals surface area contributed by atoms with Gasteiger partial charge in [-0.25, -0.2) is 4.98 Å². The molecule has 1 fully saturated rings. The SMILES string of the molecule is Clc1cc2[nH]cc(C3CC3)c2cn1. The molecule has 1 N–H and O–H groups in total. The van der Waals surface area contributed by atoms with Crippen molar-refractivity contribution in [3.8, 4) is 0 Å². The van der Waals surface area contributed by atoms with E-state index in [0.29, 0.717) is 5.15 Å². The molecule has 3 heteroatoms. The average Bonchev–Trinajstić information content (AvgIpc) is 2.87. The molecule has 0 atom stereocenters. The van der Waals surface area contributed by atoms with Crippen molar-refractivity contribution < 1.29 is 0 Å². The molecule has 1 saturated carbocycles. The van der Waals surface area contributed by atoms with Gasteiger partial charge in [0.2, 0.25) is 0 Å². The summed E-state index contributed by atoms with van der Waals surface area (Å²) in [5, 5.41) is 1.78. The summed E-state index contributed by atoms with van der Waals surface area (Å²) >= 11 is 5.79. The van der Waals surface area contributed by atoms with Crippen LogP contribution in [0.5, 0.6) is 0 Å². The van der Waals surface area contributed by atoms with Gasteiger partial charge in [0, 0.05) is 17.8 Å². The molecule has 2 aromatic heterocycles. The lowest BCUT2D eigenvalue weighted by Crippen LogP contribution is -1.77. The van der Waals surface area contributed by atoms with Crippen molar-refractivity contribution in [1.82, 2.24) is 9.97 Å². The zero-order chi connectivity index (χ0) is 8.84. The van der Waals surface area contributed by atoms with Crippen molar-refractivity contribution in [3.05, 3.63) is 29.2 Å². The van der Waals surface area contributed by atoms with Crippen LogP contribution in [0, 0.1) is 0 Å². The Morgan fingerprint density at radius 2 is 2.31 bits per heavy atom. The minimum Gasteiger partial charge on any atom is -0.361 e. The van der Waals surface area contributed by atoms with Crippen LogP contribution in [0.1, 0.15) is 24.3 Å². The second-order valence-electron chi connectivity index (χ2n) is 3.57. The lowest BCUT2D eigenvalue weighted by molar-refractivity contribution is 1.14. The molecular weight excluding hydrogens is 184 g/mol. The first-order valence-electron chi connectivity index (χ1n) is 4.47. The zero-order valence-electron chi connectivity index (χ0n) is 7.05. The summed E-state index contributed by atoms with van der Waals surface area (Å²) in [6.07, 6.45) is 6.58. The van der Waals surface area contributed by atoms with Gasteiger partial charge in [-0.2, -0.15) is 0 Å². The second kappa shape index (κ2) is 2.48. The Balaban J connectivity index is 2.26. The Morgan fingerprint density at radius 1 is 1.46 bits per heavy atom. The molecule has 0 aliphatic heterocycles. The van der Waals surface area contributed by atoms with Crippen LogP contribution in [0.4, 0.5) is 0 Å². The highest BCUT2D eigenvalue weighted by Crippen LogP contribution is 2.43. The van der Waals surface area contributed by atoms with Gasteiger partial charge < -0.3 is 4.98 Å². The lowest BCUT2D eigenvalue weighted by atomic mass is 10.1. The van der Waals surface area contributed by atoms with Crippen LogP contribution < -0.4 is 0 Å². The fraction of sp³-hybridized carbons (Fsp3) is 0.300. The van der Waals surface area contributed by atoms with Crippen LogP contribution >= 0.6 is 11.6 Å². The van der Waals surface area contributed by atoms with Crippen molar-refractivity contribution in [3.63, 3.8) is 0 Å². The van der Waals surface area contributed by atoms with Gasteiger partial charge in [-0.1, -0.05) is 11.6 Å². The number of fused-ring (bicyclic) bond motifs is 1.